The van der Waals surface area contributed by atoms with Crippen LogP contribution in [0.2, 0.25) is 5.02 Å². The molecule has 0 aliphatic carbocycles. The van der Waals surface area contributed by atoms with Crippen molar-refractivity contribution >= 4 is 35.0 Å². The summed E-state index contributed by atoms with van der Waals surface area (Å²) in [5.74, 6) is 0.758. The molecule has 2 heterocycles. The number of nitrogens with zero attached hydrogens (tertiary/aromatic N) is 5. The van der Waals surface area contributed by atoms with Crippen molar-refractivity contribution in [3.05, 3.63) is 59.1 Å². The molecule has 1 aliphatic rings. The minimum absolute atomic E-state index is 0.0500. The van der Waals surface area contributed by atoms with Gasteiger partial charge in [0, 0.05) is 44.5 Å². The van der Waals surface area contributed by atoms with E-state index in [0.29, 0.717) is 47.9 Å². The zero-order valence-electron chi connectivity index (χ0n) is 17.7. The molecule has 4 rings (SSSR count). The molecular weight excluding hydrogens is 475 g/mol. The first-order valence-electron chi connectivity index (χ1n) is 10.2. The zero-order valence-corrected chi connectivity index (χ0v) is 19.3. The molecule has 33 heavy (non-hydrogen) atoms. The molecule has 0 bridgehead atoms. The number of rotatable bonds is 5. The van der Waals surface area contributed by atoms with Crippen molar-refractivity contribution in [3.63, 3.8) is 0 Å². The average Bonchev–Trinajstić information content (AvgIpc) is 3.17. The highest BCUT2D eigenvalue weighted by Gasteiger charge is 2.31. The maximum Gasteiger partial charge on any atom is 0.416 e. The lowest BCUT2D eigenvalue weighted by atomic mass is 10.1. The fraction of sp³-hybridized carbons (Fsp3) is 0.318. The molecule has 1 amide bonds. The van der Waals surface area contributed by atoms with Crippen LogP contribution < -0.4 is 4.90 Å². The van der Waals surface area contributed by atoms with Gasteiger partial charge in [0.1, 0.15) is 0 Å². The first-order chi connectivity index (χ1) is 15.7. The van der Waals surface area contributed by atoms with Gasteiger partial charge in [-0.25, -0.2) is 0 Å². The van der Waals surface area contributed by atoms with E-state index in [4.69, 9.17) is 11.6 Å². The summed E-state index contributed by atoms with van der Waals surface area (Å²) in [7, 11) is 1.82. The summed E-state index contributed by atoms with van der Waals surface area (Å²) in [6.45, 7) is 1.83. The molecule has 1 fully saturated rings. The van der Waals surface area contributed by atoms with Crippen LogP contribution in [0.15, 0.2) is 53.7 Å². The third kappa shape index (κ3) is 5.27. The van der Waals surface area contributed by atoms with Gasteiger partial charge in [0.05, 0.1) is 16.3 Å². The van der Waals surface area contributed by atoms with Crippen LogP contribution in [0, 0.1) is 0 Å². The van der Waals surface area contributed by atoms with Crippen molar-refractivity contribution in [1.82, 2.24) is 19.7 Å². The van der Waals surface area contributed by atoms with Crippen LogP contribution in [-0.4, -0.2) is 57.5 Å². The molecule has 3 aromatic rings. The van der Waals surface area contributed by atoms with Gasteiger partial charge in [0.2, 0.25) is 5.91 Å². The van der Waals surface area contributed by atoms with Crippen LogP contribution in [0.1, 0.15) is 5.56 Å². The van der Waals surface area contributed by atoms with Crippen molar-refractivity contribution in [2.24, 2.45) is 7.05 Å². The highest BCUT2D eigenvalue weighted by atomic mass is 35.5. The fourth-order valence-electron chi connectivity index (χ4n) is 3.63. The number of carbonyl (C=O) groups is 1. The van der Waals surface area contributed by atoms with Crippen LogP contribution in [-0.2, 0) is 18.0 Å². The predicted molar refractivity (Wildman–Crippen MR) is 122 cm³/mol. The number of benzene rings is 2. The Morgan fingerprint density at radius 2 is 1.79 bits per heavy atom. The summed E-state index contributed by atoms with van der Waals surface area (Å²) >= 11 is 7.54. The molecule has 2 aromatic carbocycles. The normalized spacial score (nSPS) is 14.6. The van der Waals surface area contributed by atoms with E-state index in [1.807, 2.05) is 30.1 Å². The van der Waals surface area contributed by atoms with Crippen molar-refractivity contribution in [1.29, 1.82) is 0 Å². The van der Waals surface area contributed by atoms with E-state index in [0.717, 1.165) is 17.7 Å². The number of hydrogen-bond acceptors (Lipinski definition) is 5. The van der Waals surface area contributed by atoms with Crippen molar-refractivity contribution in [2.75, 3.05) is 36.8 Å². The Bertz CT molecular complexity index is 1150. The summed E-state index contributed by atoms with van der Waals surface area (Å²) in [6, 6.07) is 12.6. The summed E-state index contributed by atoms with van der Waals surface area (Å²) in [6.07, 6.45) is -4.38. The maximum absolute atomic E-state index is 13.0. The van der Waals surface area contributed by atoms with Gasteiger partial charge >= 0.3 is 6.18 Å². The summed E-state index contributed by atoms with van der Waals surface area (Å²) in [5.41, 5.74) is 0.602. The third-order valence-electron chi connectivity index (χ3n) is 5.45. The van der Waals surface area contributed by atoms with Gasteiger partial charge in [0.15, 0.2) is 11.0 Å². The Labute approximate surface area is 198 Å². The molecule has 0 atom stereocenters. The lowest BCUT2D eigenvalue weighted by molar-refractivity contribution is -0.137. The number of halogens is 4. The second-order valence-corrected chi connectivity index (χ2v) is 8.90. The Morgan fingerprint density at radius 1 is 1.06 bits per heavy atom. The van der Waals surface area contributed by atoms with Crippen LogP contribution >= 0.6 is 23.4 Å². The second-order valence-electron chi connectivity index (χ2n) is 7.55. The van der Waals surface area contributed by atoms with Gasteiger partial charge in [-0.1, -0.05) is 41.6 Å². The SMILES string of the molecule is Cn1c(SCC(=O)N2CCN(c3cccc(C(F)(F)F)c3)CC2)nnc1-c1ccccc1Cl. The van der Waals surface area contributed by atoms with E-state index in [1.54, 1.807) is 21.6 Å². The molecule has 0 radical (unpaired) electrons. The lowest BCUT2D eigenvalue weighted by Gasteiger charge is -2.36. The largest absolute Gasteiger partial charge is 0.416 e. The Morgan fingerprint density at radius 3 is 2.48 bits per heavy atom. The predicted octanol–water partition coefficient (Wildman–Crippen LogP) is 4.60. The standard InChI is InChI=1S/C22H21ClF3N5OS/c1-29-20(17-7-2-3-8-18(17)23)27-28-21(29)33-14-19(32)31-11-9-30(10-12-31)16-6-4-5-15(13-16)22(24,25)26/h2-8,13H,9-12,14H2,1H3. The molecule has 11 heteroatoms. The van der Waals surface area contributed by atoms with E-state index < -0.39 is 11.7 Å². The summed E-state index contributed by atoms with van der Waals surface area (Å²) in [5, 5.41) is 9.54. The van der Waals surface area contributed by atoms with Crippen molar-refractivity contribution in [3.8, 4) is 11.4 Å². The Balaban J connectivity index is 1.33. The summed E-state index contributed by atoms with van der Waals surface area (Å²) < 4.78 is 40.7. The summed E-state index contributed by atoms with van der Waals surface area (Å²) in [4.78, 5) is 16.3. The topological polar surface area (TPSA) is 54.3 Å². The van der Waals surface area contributed by atoms with E-state index in [9.17, 15) is 18.0 Å². The van der Waals surface area contributed by atoms with E-state index in [1.165, 1.54) is 17.8 Å². The highest BCUT2D eigenvalue weighted by molar-refractivity contribution is 7.99. The van der Waals surface area contributed by atoms with Crippen molar-refractivity contribution in [2.45, 2.75) is 11.3 Å². The molecule has 0 saturated carbocycles. The van der Waals surface area contributed by atoms with Crippen molar-refractivity contribution < 1.29 is 18.0 Å². The molecule has 0 spiro atoms. The minimum Gasteiger partial charge on any atom is -0.368 e. The average molecular weight is 496 g/mol. The van der Waals surface area contributed by atoms with E-state index in [-0.39, 0.29) is 11.7 Å². The zero-order chi connectivity index (χ0) is 23.6. The van der Waals surface area contributed by atoms with Gasteiger partial charge < -0.3 is 14.4 Å². The van der Waals surface area contributed by atoms with Crippen LogP contribution in [0.3, 0.4) is 0 Å². The minimum atomic E-state index is -4.38. The number of amides is 1. The molecule has 0 N–H and O–H groups in total. The number of piperazine rings is 1. The molecule has 1 aliphatic heterocycles. The first kappa shape index (κ1) is 23.4. The number of aromatic nitrogens is 3. The highest BCUT2D eigenvalue weighted by Crippen LogP contribution is 2.32. The number of anilines is 1. The van der Waals surface area contributed by atoms with E-state index in [2.05, 4.69) is 10.2 Å². The van der Waals surface area contributed by atoms with Gasteiger partial charge in [-0.15, -0.1) is 10.2 Å². The molecule has 1 saturated heterocycles. The third-order valence-corrected chi connectivity index (χ3v) is 6.78. The smallest absolute Gasteiger partial charge is 0.368 e. The number of thioether (sulfide) groups is 1. The maximum atomic E-state index is 13.0. The van der Waals surface area contributed by atoms with Gasteiger partial charge in [-0.2, -0.15) is 13.2 Å². The first-order valence-corrected chi connectivity index (χ1v) is 11.6. The number of hydrogen-bond donors (Lipinski definition) is 0. The number of carbonyl (C=O) groups excluding carboxylic acids is 1. The molecule has 1 aromatic heterocycles. The molecular formula is C22H21ClF3N5OS. The quantitative estimate of drug-likeness (QED) is 0.484. The number of alkyl halides is 3. The molecule has 6 nitrogen and oxygen atoms in total. The molecule has 174 valence electrons. The van der Waals surface area contributed by atoms with Gasteiger partial charge in [-0.05, 0) is 30.3 Å². The monoisotopic (exact) mass is 495 g/mol. The Hall–Kier alpha value is -2.72. The second kappa shape index (κ2) is 9.64. The van der Waals surface area contributed by atoms with Gasteiger partial charge in [-0.3, -0.25) is 4.79 Å². The van der Waals surface area contributed by atoms with E-state index >= 15 is 0 Å². The van der Waals surface area contributed by atoms with Crippen LogP contribution in [0.4, 0.5) is 18.9 Å². The Kier molecular flexibility index (Phi) is 6.85. The lowest BCUT2D eigenvalue weighted by Crippen LogP contribution is -2.49. The van der Waals surface area contributed by atoms with Crippen LogP contribution in [0.25, 0.3) is 11.4 Å². The van der Waals surface area contributed by atoms with Crippen LogP contribution in [0.5, 0.6) is 0 Å². The molecule has 0 unspecified atom stereocenters. The van der Waals surface area contributed by atoms with Gasteiger partial charge in [0.25, 0.3) is 0 Å². The fourth-order valence-corrected chi connectivity index (χ4v) is 4.66.